The summed E-state index contributed by atoms with van der Waals surface area (Å²) in [4.78, 5) is 70.4. The number of amides is 4. The van der Waals surface area contributed by atoms with Crippen molar-refractivity contribution in [3.05, 3.63) is 144 Å². The number of morpholine rings is 2. The summed E-state index contributed by atoms with van der Waals surface area (Å²) >= 11 is 0. The van der Waals surface area contributed by atoms with Crippen LogP contribution in [0.3, 0.4) is 0 Å². The number of ether oxygens (including phenoxy) is 2. The molecule has 0 bridgehead atoms. The van der Waals surface area contributed by atoms with Crippen LogP contribution in [-0.4, -0.2) is 151 Å². The molecule has 6 aromatic rings. The molecule has 4 heterocycles. The summed E-state index contributed by atoms with van der Waals surface area (Å²) in [5.41, 5.74) is 19.5. The van der Waals surface area contributed by atoms with Crippen molar-refractivity contribution >= 4 is 23.6 Å². The summed E-state index contributed by atoms with van der Waals surface area (Å²) in [6, 6.07) is 27.8. The molecule has 0 aliphatic carbocycles. The minimum Gasteiger partial charge on any atom is -0.412 e. The molecular weight excluding hydrogens is 925 g/mol. The van der Waals surface area contributed by atoms with Gasteiger partial charge in [0.25, 0.3) is 11.8 Å². The van der Waals surface area contributed by atoms with Crippen molar-refractivity contribution in [2.24, 2.45) is 11.5 Å². The van der Waals surface area contributed by atoms with E-state index in [4.69, 9.17) is 20.9 Å². The lowest BCUT2D eigenvalue weighted by atomic mass is 10.1. The van der Waals surface area contributed by atoms with Gasteiger partial charge in [0, 0.05) is 85.0 Å². The van der Waals surface area contributed by atoms with Crippen LogP contribution in [0, 0.1) is 0 Å². The van der Waals surface area contributed by atoms with E-state index >= 15 is 0 Å². The number of aliphatic hydroxyl groups excluding tert-OH is 2. The van der Waals surface area contributed by atoms with Crippen LogP contribution in [0.25, 0.3) is 45.0 Å². The minimum absolute atomic E-state index is 0. The third kappa shape index (κ3) is 15.3. The van der Waals surface area contributed by atoms with Crippen LogP contribution in [0.4, 0.5) is 0 Å². The van der Waals surface area contributed by atoms with Crippen LogP contribution in [0.15, 0.2) is 122 Å². The monoisotopic (exact) mass is 986 g/mol. The maximum atomic E-state index is 12.4. The van der Waals surface area contributed by atoms with Crippen LogP contribution >= 0.6 is 0 Å². The van der Waals surface area contributed by atoms with E-state index in [1.54, 1.807) is 73.3 Å². The predicted molar refractivity (Wildman–Crippen MR) is 269 cm³/mol. The number of aliphatic hydroxyl groups is 2. The van der Waals surface area contributed by atoms with Gasteiger partial charge in [0.05, 0.1) is 62.4 Å². The highest BCUT2D eigenvalue weighted by atomic mass is 16.5. The van der Waals surface area contributed by atoms with Gasteiger partial charge in [-0.1, -0.05) is 72.8 Å². The highest BCUT2D eigenvalue weighted by molar-refractivity contribution is 5.98. The van der Waals surface area contributed by atoms with Crippen molar-refractivity contribution in [1.29, 1.82) is 0 Å². The molecule has 72 heavy (non-hydrogen) atoms. The second-order valence-electron chi connectivity index (χ2n) is 17.1. The number of hydrogen-bond donors (Lipinski definition) is 6. The number of carbonyl (C=O) groups is 4. The molecule has 2 aliphatic rings. The van der Waals surface area contributed by atoms with Crippen LogP contribution < -0.4 is 22.1 Å². The first-order valence-corrected chi connectivity index (χ1v) is 23.0. The maximum absolute atomic E-state index is 12.4. The largest absolute Gasteiger partial charge is 0.412 e. The fourth-order valence-corrected chi connectivity index (χ4v) is 7.74. The molecular formula is C52H62N10O10. The van der Waals surface area contributed by atoms with Gasteiger partial charge in [-0.3, -0.25) is 38.9 Å². The summed E-state index contributed by atoms with van der Waals surface area (Å²) < 4.78 is 10.8. The quantitative estimate of drug-likeness (QED) is 0.0802. The number of benzene rings is 4. The fourth-order valence-electron chi connectivity index (χ4n) is 7.74. The average molecular weight is 987 g/mol. The Morgan fingerprint density at radius 2 is 0.861 bits per heavy atom. The normalized spacial score (nSPS) is 15.4. The molecule has 20 heteroatoms. The van der Waals surface area contributed by atoms with Crippen LogP contribution in [0.2, 0.25) is 0 Å². The molecule has 12 N–H and O–H groups in total. The van der Waals surface area contributed by atoms with Gasteiger partial charge in [0.1, 0.15) is 12.1 Å². The first kappa shape index (κ1) is 55.5. The van der Waals surface area contributed by atoms with E-state index in [0.29, 0.717) is 22.6 Å². The summed E-state index contributed by atoms with van der Waals surface area (Å²) in [6.07, 6.45) is 4.73. The lowest BCUT2D eigenvalue weighted by molar-refractivity contribution is -0.122. The molecule has 2 aromatic heterocycles. The molecule has 2 aliphatic heterocycles. The van der Waals surface area contributed by atoms with Crippen LogP contribution in [0.5, 0.6) is 0 Å². The summed E-state index contributed by atoms with van der Waals surface area (Å²) in [5.74, 6) is -1.95. The number of nitrogens with two attached hydrogens (primary N) is 2. The van der Waals surface area contributed by atoms with E-state index in [-0.39, 0.29) is 11.0 Å². The van der Waals surface area contributed by atoms with Crippen molar-refractivity contribution in [2.45, 2.75) is 51.2 Å². The Balaban J connectivity index is 0.000000260. The van der Waals surface area contributed by atoms with Gasteiger partial charge in [-0.05, 0) is 54.8 Å². The summed E-state index contributed by atoms with van der Waals surface area (Å²) in [6.45, 7) is 11.5. The second kappa shape index (κ2) is 26.7. The maximum Gasteiger partial charge on any atom is 0.252 e. The van der Waals surface area contributed by atoms with Gasteiger partial charge in [-0.2, -0.15) is 0 Å². The molecule has 4 amide bonds. The highest BCUT2D eigenvalue weighted by Crippen LogP contribution is 2.24. The van der Waals surface area contributed by atoms with Crippen molar-refractivity contribution in [3.63, 3.8) is 0 Å². The number of aromatic nitrogens is 4. The predicted octanol–water partition coefficient (Wildman–Crippen LogP) is 1.57. The lowest BCUT2D eigenvalue weighted by Crippen LogP contribution is -2.50. The summed E-state index contributed by atoms with van der Waals surface area (Å²) in [7, 11) is 0. The lowest BCUT2D eigenvalue weighted by Gasteiger charge is -2.26. The number of nitrogens with one attached hydrogen (secondary N) is 2. The Labute approximate surface area is 417 Å². The van der Waals surface area contributed by atoms with Gasteiger partial charge < -0.3 is 52.7 Å². The Hall–Kier alpha value is -7.40. The molecule has 0 spiro atoms. The first-order chi connectivity index (χ1) is 33.8. The van der Waals surface area contributed by atoms with Crippen molar-refractivity contribution in [1.82, 2.24) is 40.4 Å². The smallest absolute Gasteiger partial charge is 0.252 e. The van der Waals surface area contributed by atoms with Gasteiger partial charge >= 0.3 is 0 Å². The second-order valence-corrected chi connectivity index (χ2v) is 17.1. The standard InChI is InChI=1S/2C26H29N5O4.2H2O/c1-17(32)23(24(27)33)30-26(34)21-8-6-19(7-9-21)22-14-28-25(29-15-22)20-4-2-18(3-5-20)16-31-10-12-35-13-11-31;1-17(32)24(25(27)33)30-26(34)21-8-6-20(7-9-21)23-15-28-22(14-29-23)19-4-2-18(3-5-19)16-31-10-12-35-13-11-31;;/h2-9,14-15,17,23,32H,10-13,16H2,1H3,(H2,27,33)(H,30,34);2-9,14-15,17,24,32H,10-13,16H2,1H3,(H2,27,33)(H,30,34);2*1H2/t17-,23+;17-,24+;;/m11../s1. The van der Waals surface area contributed by atoms with E-state index in [9.17, 15) is 29.4 Å². The van der Waals surface area contributed by atoms with E-state index in [0.717, 1.165) is 99.2 Å². The van der Waals surface area contributed by atoms with Gasteiger partial charge in [-0.25, -0.2) is 9.97 Å². The van der Waals surface area contributed by atoms with Gasteiger partial charge in [0.15, 0.2) is 5.82 Å². The molecule has 380 valence electrons. The molecule has 4 atom stereocenters. The van der Waals surface area contributed by atoms with Gasteiger partial charge in [-0.15, -0.1) is 0 Å². The average Bonchev–Trinajstić information content (AvgIpc) is 3.38. The Bertz CT molecular complexity index is 2480. The molecule has 0 saturated carbocycles. The van der Waals surface area contributed by atoms with Crippen molar-refractivity contribution in [2.75, 3.05) is 52.6 Å². The first-order valence-electron chi connectivity index (χ1n) is 23.0. The van der Waals surface area contributed by atoms with E-state index in [1.807, 2.05) is 12.1 Å². The number of rotatable bonds is 16. The Kier molecular flexibility index (Phi) is 20.6. The van der Waals surface area contributed by atoms with Crippen molar-refractivity contribution in [3.8, 4) is 45.0 Å². The third-order valence-corrected chi connectivity index (χ3v) is 11.9. The fraction of sp³-hybridized carbons (Fsp3) is 0.308. The zero-order valence-corrected chi connectivity index (χ0v) is 40.1. The van der Waals surface area contributed by atoms with Crippen molar-refractivity contribution < 1.29 is 49.8 Å². The number of primary amides is 2. The van der Waals surface area contributed by atoms with E-state index < -0.39 is 47.9 Å². The number of carbonyl (C=O) groups excluding carboxylic acids is 4. The summed E-state index contributed by atoms with van der Waals surface area (Å²) in [5, 5.41) is 24.1. The SMILES string of the molecule is C[C@@H](O)[C@H](NC(=O)c1ccc(-c2cnc(-c3ccc(CN4CCOCC4)cc3)cn2)cc1)C(N)=O.C[C@@H](O)[C@H](NC(=O)c1ccc(-c2cnc(-c3ccc(CN4CCOCC4)cc3)nc2)cc1)C(N)=O.O.O. The Morgan fingerprint density at radius 1 is 0.514 bits per heavy atom. The number of nitrogens with zero attached hydrogens (tertiary/aromatic N) is 6. The topological polar surface area (TPSA) is 324 Å². The highest BCUT2D eigenvalue weighted by Gasteiger charge is 2.25. The van der Waals surface area contributed by atoms with Gasteiger partial charge in [0.2, 0.25) is 11.8 Å². The molecule has 4 aromatic carbocycles. The molecule has 2 fully saturated rings. The molecule has 8 rings (SSSR count). The molecule has 2 saturated heterocycles. The zero-order chi connectivity index (χ0) is 49.6. The van der Waals surface area contributed by atoms with Crippen LogP contribution in [-0.2, 0) is 32.2 Å². The molecule has 0 radical (unpaired) electrons. The number of hydrogen-bond acceptors (Lipinski definition) is 14. The third-order valence-electron chi connectivity index (χ3n) is 11.9. The van der Waals surface area contributed by atoms with E-state index in [1.165, 1.54) is 25.0 Å². The molecule has 20 nitrogen and oxygen atoms in total. The minimum atomic E-state index is -1.16. The molecule has 0 unspecified atom stereocenters. The Morgan fingerprint density at radius 3 is 1.21 bits per heavy atom. The zero-order valence-electron chi connectivity index (χ0n) is 40.1. The van der Waals surface area contributed by atoms with Crippen LogP contribution in [0.1, 0.15) is 45.7 Å². The van der Waals surface area contributed by atoms with E-state index in [2.05, 4.69) is 76.8 Å².